The number of nitro groups is 1. The van der Waals surface area contributed by atoms with Gasteiger partial charge in [-0.15, -0.1) is 0 Å². The standard InChI is InChI=1S/C12H15N3O3/c16-12(8-13-10-3-4-10)14-7-9-1-5-11(6-2-9)15(17)18/h1-2,5-6,10,13H,3-4,7-8H2,(H,14,16). The van der Waals surface area contributed by atoms with E-state index in [-0.39, 0.29) is 11.6 Å². The lowest BCUT2D eigenvalue weighted by atomic mass is 10.2. The van der Waals surface area contributed by atoms with Crippen molar-refractivity contribution in [2.75, 3.05) is 6.54 Å². The fraction of sp³-hybridized carbons (Fsp3) is 0.417. The molecular weight excluding hydrogens is 234 g/mol. The van der Waals surface area contributed by atoms with E-state index in [0.717, 1.165) is 18.4 Å². The number of carbonyl (C=O) groups is 1. The van der Waals surface area contributed by atoms with E-state index in [1.807, 2.05) is 0 Å². The largest absolute Gasteiger partial charge is 0.351 e. The topological polar surface area (TPSA) is 84.3 Å². The lowest BCUT2D eigenvalue weighted by Gasteiger charge is -2.05. The van der Waals surface area contributed by atoms with E-state index in [2.05, 4.69) is 10.6 Å². The van der Waals surface area contributed by atoms with Crippen LogP contribution in [0.2, 0.25) is 0 Å². The lowest BCUT2D eigenvalue weighted by molar-refractivity contribution is -0.384. The van der Waals surface area contributed by atoms with Gasteiger partial charge in [0, 0.05) is 24.7 Å². The average molecular weight is 249 g/mol. The third-order valence-corrected chi connectivity index (χ3v) is 2.77. The molecule has 1 aromatic rings. The molecule has 0 spiro atoms. The highest BCUT2D eigenvalue weighted by Crippen LogP contribution is 2.17. The number of nitrogens with zero attached hydrogens (tertiary/aromatic N) is 1. The summed E-state index contributed by atoms with van der Waals surface area (Å²) in [4.78, 5) is 21.5. The van der Waals surface area contributed by atoms with E-state index in [4.69, 9.17) is 0 Å². The summed E-state index contributed by atoms with van der Waals surface area (Å²) >= 11 is 0. The molecule has 1 saturated carbocycles. The molecule has 1 fully saturated rings. The zero-order chi connectivity index (χ0) is 13.0. The number of non-ortho nitro benzene ring substituents is 1. The number of amides is 1. The minimum atomic E-state index is -0.443. The Morgan fingerprint density at radius 1 is 1.33 bits per heavy atom. The quantitative estimate of drug-likeness (QED) is 0.581. The summed E-state index contributed by atoms with van der Waals surface area (Å²) in [7, 11) is 0. The Labute approximate surface area is 105 Å². The number of nitro benzene ring substituents is 1. The maximum Gasteiger partial charge on any atom is 0.269 e. The zero-order valence-electron chi connectivity index (χ0n) is 9.89. The first-order valence-electron chi connectivity index (χ1n) is 5.88. The first kappa shape index (κ1) is 12.5. The first-order valence-corrected chi connectivity index (χ1v) is 5.88. The number of nitrogens with one attached hydrogen (secondary N) is 2. The minimum absolute atomic E-state index is 0.0553. The first-order chi connectivity index (χ1) is 8.65. The molecule has 1 amide bonds. The van der Waals surface area contributed by atoms with Gasteiger partial charge in [0.25, 0.3) is 5.69 Å². The predicted molar refractivity (Wildman–Crippen MR) is 66.0 cm³/mol. The zero-order valence-corrected chi connectivity index (χ0v) is 9.89. The average Bonchev–Trinajstić information content (AvgIpc) is 3.18. The Hall–Kier alpha value is -1.95. The summed E-state index contributed by atoms with van der Waals surface area (Å²) in [6.45, 7) is 0.723. The van der Waals surface area contributed by atoms with Crippen LogP contribution in [0.15, 0.2) is 24.3 Å². The van der Waals surface area contributed by atoms with Gasteiger partial charge in [0.15, 0.2) is 0 Å². The van der Waals surface area contributed by atoms with E-state index in [1.54, 1.807) is 12.1 Å². The molecular formula is C12H15N3O3. The Bertz CT molecular complexity index is 440. The Morgan fingerprint density at radius 3 is 2.56 bits per heavy atom. The summed E-state index contributed by atoms with van der Waals surface area (Å²) in [6, 6.07) is 6.67. The van der Waals surface area contributed by atoms with Gasteiger partial charge in [-0.25, -0.2) is 0 Å². The van der Waals surface area contributed by atoms with Crippen LogP contribution >= 0.6 is 0 Å². The maximum absolute atomic E-state index is 11.4. The second-order valence-electron chi connectivity index (χ2n) is 4.36. The summed E-state index contributed by atoms with van der Waals surface area (Å²) in [6.07, 6.45) is 2.30. The molecule has 0 saturated heterocycles. The van der Waals surface area contributed by atoms with Gasteiger partial charge in [-0.1, -0.05) is 12.1 Å². The molecule has 6 nitrogen and oxygen atoms in total. The number of hydrogen-bond acceptors (Lipinski definition) is 4. The maximum atomic E-state index is 11.4. The highest BCUT2D eigenvalue weighted by Gasteiger charge is 2.20. The van der Waals surface area contributed by atoms with E-state index in [1.165, 1.54) is 12.1 Å². The van der Waals surface area contributed by atoms with Crippen LogP contribution in [-0.4, -0.2) is 23.4 Å². The van der Waals surface area contributed by atoms with E-state index >= 15 is 0 Å². The van der Waals surface area contributed by atoms with Crippen molar-refractivity contribution in [3.8, 4) is 0 Å². The number of hydrogen-bond donors (Lipinski definition) is 2. The molecule has 0 unspecified atom stereocenters. The van der Waals surface area contributed by atoms with Gasteiger partial charge in [0.05, 0.1) is 11.5 Å². The number of carbonyl (C=O) groups excluding carboxylic acids is 1. The van der Waals surface area contributed by atoms with E-state index in [0.29, 0.717) is 19.1 Å². The minimum Gasteiger partial charge on any atom is -0.351 e. The summed E-state index contributed by atoms with van der Waals surface area (Å²) in [5.74, 6) is -0.0553. The Balaban J connectivity index is 1.74. The van der Waals surface area contributed by atoms with Gasteiger partial charge >= 0.3 is 0 Å². The van der Waals surface area contributed by atoms with E-state index < -0.39 is 4.92 Å². The summed E-state index contributed by atoms with van der Waals surface area (Å²) in [5, 5.41) is 16.3. The van der Waals surface area contributed by atoms with Crippen LogP contribution in [0.5, 0.6) is 0 Å². The molecule has 0 heterocycles. The third-order valence-electron chi connectivity index (χ3n) is 2.77. The smallest absolute Gasteiger partial charge is 0.269 e. The van der Waals surface area contributed by atoms with Crippen LogP contribution in [0, 0.1) is 10.1 Å². The summed E-state index contributed by atoms with van der Waals surface area (Å²) in [5.41, 5.74) is 0.904. The Morgan fingerprint density at radius 2 is 2.00 bits per heavy atom. The van der Waals surface area contributed by atoms with Crippen molar-refractivity contribution in [1.82, 2.24) is 10.6 Å². The molecule has 6 heteroatoms. The molecule has 0 atom stereocenters. The highest BCUT2D eigenvalue weighted by molar-refractivity contribution is 5.78. The molecule has 0 aromatic heterocycles. The van der Waals surface area contributed by atoms with Crippen molar-refractivity contribution in [2.45, 2.75) is 25.4 Å². The molecule has 1 aliphatic rings. The molecule has 2 N–H and O–H groups in total. The normalized spacial score (nSPS) is 14.2. The third kappa shape index (κ3) is 3.81. The lowest BCUT2D eigenvalue weighted by Crippen LogP contribution is -2.34. The fourth-order valence-electron chi connectivity index (χ4n) is 1.52. The van der Waals surface area contributed by atoms with Crippen LogP contribution in [0.3, 0.4) is 0 Å². The van der Waals surface area contributed by atoms with Crippen LogP contribution < -0.4 is 10.6 Å². The van der Waals surface area contributed by atoms with Crippen molar-refractivity contribution in [1.29, 1.82) is 0 Å². The molecule has 1 aliphatic carbocycles. The van der Waals surface area contributed by atoms with Gasteiger partial charge in [0.2, 0.25) is 5.91 Å². The van der Waals surface area contributed by atoms with Crippen molar-refractivity contribution < 1.29 is 9.72 Å². The Kier molecular flexibility index (Phi) is 3.88. The van der Waals surface area contributed by atoms with Crippen LogP contribution in [0.4, 0.5) is 5.69 Å². The van der Waals surface area contributed by atoms with Crippen molar-refractivity contribution in [2.24, 2.45) is 0 Å². The van der Waals surface area contributed by atoms with Gasteiger partial charge in [-0.2, -0.15) is 0 Å². The monoisotopic (exact) mass is 249 g/mol. The van der Waals surface area contributed by atoms with E-state index in [9.17, 15) is 14.9 Å². The van der Waals surface area contributed by atoms with Gasteiger partial charge in [-0.05, 0) is 18.4 Å². The molecule has 0 aliphatic heterocycles. The number of benzene rings is 1. The van der Waals surface area contributed by atoms with Crippen LogP contribution in [0.1, 0.15) is 18.4 Å². The predicted octanol–water partition coefficient (Wildman–Crippen LogP) is 0.963. The van der Waals surface area contributed by atoms with Gasteiger partial charge in [-0.3, -0.25) is 14.9 Å². The van der Waals surface area contributed by atoms with Crippen molar-refractivity contribution >= 4 is 11.6 Å². The molecule has 96 valence electrons. The van der Waals surface area contributed by atoms with Crippen LogP contribution in [0.25, 0.3) is 0 Å². The molecule has 0 radical (unpaired) electrons. The number of rotatable bonds is 6. The molecule has 1 aromatic carbocycles. The van der Waals surface area contributed by atoms with Crippen LogP contribution in [-0.2, 0) is 11.3 Å². The molecule has 18 heavy (non-hydrogen) atoms. The molecule has 0 bridgehead atoms. The van der Waals surface area contributed by atoms with Crippen molar-refractivity contribution in [3.63, 3.8) is 0 Å². The van der Waals surface area contributed by atoms with Gasteiger partial charge < -0.3 is 10.6 Å². The highest BCUT2D eigenvalue weighted by atomic mass is 16.6. The SMILES string of the molecule is O=C(CNC1CC1)NCc1ccc([N+](=O)[O-])cc1. The second-order valence-corrected chi connectivity index (χ2v) is 4.36. The second kappa shape index (κ2) is 5.59. The van der Waals surface area contributed by atoms with Gasteiger partial charge in [0.1, 0.15) is 0 Å². The fourth-order valence-corrected chi connectivity index (χ4v) is 1.52. The summed E-state index contributed by atoms with van der Waals surface area (Å²) < 4.78 is 0. The molecule has 2 rings (SSSR count). The van der Waals surface area contributed by atoms with Crippen molar-refractivity contribution in [3.05, 3.63) is 39.9 Å².